The Kier molecular flexibility index (Phi) is 2.57. The number of aromatic nitrogens is 1. The van der Waals surface area contributed by atoms with Gasteiger partial charge in [-0.05, 0) is 33.6 Å². The highest BCUT2D eigenvalue weighted by Gasteiger charge is 2.07. The van der Waals surface area contributed by atoms with Gasteiger partial charge in [-0.15, -0.1) is 4.91 Å². The predicted molar refractivity (Wildman–Crippen MR) is 47.1 cm³/mol. The largest absolute Gasteiger partial charge is 0.241 e. The van der Waals surface area contributed by atoms with E-state index in [0.717, 1.165) is 4.47 Å². The standard InChI is InChI=1S/C6H4BrClN2O/c1-3-4(7)2-9-6(8)5(3)10-11/h2H,1H3. The number of halogens is 2. The summed E-state index contributed by atoms with van der Waals surface area (Å²) in [7, 11) is 0. The van der Waals surface area contributed by atoms with Gasteiger partial charge in [0.2, 0.25) is 0 Å². The van der Waals surface area contributed by atoms with E-state index < -0.39 is 0 Å². The van der Waals surface area contributed by atoms with E-state index in [1.807, 2.05) is 0 Å². The molecule has 0 aliphatic carbocycles. The summed E-state index contributed by atoms with van der Waals surface area (Å²) in [5.74, 6) is 0. The van der Waals surface area contributed by atoms with E-state index in [1.54, 1.807) is 6.92 Å². The second kappa shape index (κ2) is 3.28. The second-order valence-corrected chi connectivity index (χ2v) is 3.17. The van der Waals surface area contributed by atoms with Crippen molar-refractivity contribution < 1.29 is 0 Å². The average Bonchev–Trinajstić information content (AvgIpc) is 1.99. The summed E-state index contributed by atoms with van der Waals surface area (Å²) in [5, 5.41) is 2.90. The molecule has 0 N–H and O–H groups in total. The van der Waals surface area contributed by atoms with Crippen LogP contribution in [-0.4, -0.2) is 4.98 Å². The van der Waals surface area contributed by atoms with Crippen molar-refractivity contribution in [2.45, 2.75) is 6.92 Å². The third-order valence-corrected chi connectivity index (χ3v) is 2.37. The highest BCUT2D eigenvalue weighted by atomic mass is 79.9. The number of nitrogens with zero attached hydrogens (tertiary/aromatic N) is 2. The molecule has 0 fully saturated rings. The Morgan fingerprint density at radius 2 is 2.36 bits per heavy atom. The lowest BCUT2D eigenvalue weighted by Crippen LogP contribution is -1.81. The molecule has 0 atom stereocenters. The average molecular weight is 235 g/mol. The van der Waals surface area contributed by atoms with Gasteiger partial charge in [0.15, 0.2) is 5.15 Å². The van der Waals surface area contributed by atoms with Crippen LogP contribution in [0, 0.1) is 11.8 Å². The first-order valence-electron chi connectivity index (χ1n) is 2.80. The summed E-state index contributed by atoms with van der Waals surface area (Å²) < 4.78 is 0.733. The number of hydrogen-bond acceptors (Lipinski definition) is 3. The molecule has 0 bridgehead atoms. The summed E-state index contributed by atoms with van der Waals surface area (Å²) in [6.07, 6.45) is 1.53. The van der Waals surface area contributed by atoms with Crippen LogP contribution >= 0.6 is 27.5 Å². The topological polar surface area (TPSA) is 42.3 Å². The van der Waals surface area contributed by atoms with Crippen LogP contribution in [0.2, 0.25) is 5.15 Å². The zero-order valence-corrected chi connectivity index (χ0v) is 7.98. The minimum atomic E-state index is 0.140. The molecule has 5 heteroatoms. The monoisotopic (exact) mass is 234 g/mol. The third kappa shape index (κ3) is 1.57. The lowest BCUT2D eigenvalue weighted by Gasteiger charge is -1.99. The lowest BCUT2D eigenvalue weighted by molar-refractivity contribution is 1.23. The number of pyridine rings is 1. The van der Waals surface area contributed by atoms with Crippen molar-refractivity contribution >= 4 is 33.2 Å². The molecule has 0 saturated carbocycles. The van der Waals surface area contributed by atoms with Gasteiger partial charge in [0.1, 0.15) is 5.69 Å². The van der Waals surface area contributed by atoms with Gasteiger partial charge in [0, 0.05) is 10.7 Å². The summed E-state index contributed by atoms with van der Waals surface area (Å²) in [5.41, 5.74) is 0.904. The predicted octanol–water partition coefficient (Wildman–Crippen LogP) is 3.20. The van der Waals surface area contributed by atoms with E-state index in [9.17, 15) is 4.91 Å². The minimum Gasteiger partial charge on any atom is -0.241 e. The van der Waals surface area contributed by atoms with Gasteiger partial charge in [-0.25, -0.2) is 4.98 Å². The summed E-state index contributed by atoms with van der Waals surface area (Å²) in [6, 6.07) is 0. The fraction of sp³-hybridized carbons (Fsp3) is 0.167. The molecule has 1 aromatic rings. The molecule has 0 radical (unpaired) electrons. The highest BCUT2D eigenvalue weighted by Crippen LogP contribution is 2.30. The fourth-order valence-corrected chi connectivity index (χ4v) is 1.16. The molecule has 0 spiro atoms. The van der Waals surface area contributed by atoms with Crippen molar-refractivity contribution in [3.63, 3.8) is 0 Å². The van der Waals surface area contributed by atoms with E-state index in [4.69, 9.17) is 11.6 Å². The molecular formula is C6H4BrClN2O. The molecule has 0 aromatic carbocycles. The van der Waals surface area contributed by atoms with E-state index >= 15 is 0 Å². The summed E-state index contributed by atoms with van der Waals surface area (Å²) in [6.45, 7) is 1.74. The first kappa shape index (κ1) is 8.62. The fourth-order valence-electron chi connectivity index (χ4n) is 0.645. The van der Waals surface area contributed by atoms with Gasteiger partial charge >= 0.3 is 0 Å². The van der Waals surface area contributed by atoms with Gasteiger partial charge < -0.3 is 0 Å². The molecule has 0 aliphatic rings. The first-order valence-corrected chi connectivity index (χ1v) is 3.98. The Balaban J connectivity index is 3.40. The van der Waals surface area contributed by atoms with Crippen molar-refractivity contribution in [2.24, 2.45) is 5.18 Å². The van der Waals surface area contributed by atoms with Crippen molar-refractivity contribution in [1.29, 1.82) is 0 Å². The number of nitroso groups, excluding NO2 is 1. The summed E-state index contributed by atoms with van der Waals surface area (Å²) >= 11 is 8.78. The van der Waals surface area contributed by atoms with Crippen LogP contribution in [0.3, 0.4) is 0 Å². The zero-order chi connectivity index (χ0) is 8.43. The SMILES string of the molecule is Cc1c(Br)cnc(Cl)c1N=O. The minimum absolute atomic E-state index is 0.140. The molecule has 1 rings (SSSR count). The Hall–Kier alpha value is -0.480. The van der Waals surface area contributed by atoms with Gasteiger partial charge in [0.05, 0.1) is 0 Å². The quantitative estimate of drug-likeness (QED) is 0.554. The maximum atomic E-state index is 10.2. The maximum Gasteiger partial charge on any atom is 0.158 e. The van der Waals surface area contributed by atoms with Gasteiger partial charge in [-0.2, -0.15) is 0 Å². The van der Waals surface area contributed by atoms with E-state index in [-0.39, 0.29) is 10.8 Å². The van der Waals surface area contributed by atoms with E-state index in [2.05, 4.69) is 26.1 Å². The number of rotatable bonds is 1. The third-order valence-electron chi connectivity index (χ3n) is 1.29. The molecule has 11 heavy (non-hydrogen) atoms. The van der Waals surface area contributed by atoms with Crippen LogP contribution in [0.4, 0.5) is 5.69 Å². The molecule has 1 heterocycles. The highest BCUT2D eigenvalue weighted by molar-refractivity contribution is 9.10. The van der Waals surface area contributed by atoms with E-state index in [1.165, 1.54) is 6.20 Å². The first-order chi connectivity index (χ1) is 5.16. The molecule has 0 unspecified atom stereocenters. The Labute approximate surface area is 76.9 Å². The van der Waals surface area contributed by atoms with Crippen LogP contribution in [0.1, 0.15) is 5.56 Å². The van der Waals surface area contributed by atoms with Crippen molar-refractivity contribution in [3.05, 3.63) is 26.3 Å². The van der Waals surface area contributed by atoms with Crippen LogP contribution in [0.25, 0.3) is 0 Å². The van der Waals surface area contributed by atoms with Gasteiger partial charge in [-0.3, -0.25) is 0 Å². The molecule has 0 aliphatic heterocycles. The molecule has 58 valence electrons. The van der Waals surface area contributed by atoms with Crippen LogP contribution in [-0.2, 0) is 0 Å². The molecule has 0 saturated heterocycles. The van der Waals surface area contributed by atoms with Crippen LogP contribution in [0.15, 0.2) is 15.8 Å². The Morgan fingerprint density at radius 3 is 2.82 bits per heavy atom. The Bertz CT molecular complexity index is 303. The Morgan fingerprint density at radius 1 is 1.73 bits per heavy atom. The van der Waals surface area contributed by atoms with Crippen molar-refractivity contribution in [2.75, 3.05) is 0 Å². The summed E-state index contributed by atoms with van der Waals surface area (Å²) in [4.78, 5) is 13.9. The zero-order valence-electron chi connectivity index (χ0n) is 5.64. The molecule has 1 aromatic heterocycles. The smallest absolute Gasteiger partial charge is 0.158 e. The van der Waals surface area contributed by atoms with Gasteiger partial charge in [0.25, 0.3) is 0 Å². The number of hydrogen-bond donors (Lipinski definition) is 0. The van der Waals surface area contributed by atoms with Gasteiger partial charge in [-0.1, -0.05) is 11.6 Å². The second-order valence-electron chi connectivity index (χ2n) is 1.96. The van der Waals surface area contributed by atoms with Crippen LogP contribution < -0.4 is 0 Å². The normalized spacial score (nSPS) is 9.73. The lowest BCUT2D eigenvalue weighted by atomic mass is 10.3. The molecule has 3 nitrogen and oxygen atoms in total. The van der Waals surface area contributed by atoms with Crippen molar-refractivity contribution in [3.8, 4) is 0 Å². The van der Waals surface area contributed by atoms with E-state index in [0.29, 0.717) is 5.56 Å². The molecule has 0 amide bonds. The van der Waals surface area contributed by atoms with Crippen molar-refractivity contribution in [1.82, 2.24) is 4.98 Å². The molecular weight excluding hydrogens is 231 g/mol. The van der Waals surface area contributed by atoms with Crippen LogP contribution in [0.5, 0.6) is 0 Å². The maximum absolute atomic E-state index is 10.2.